The van der Waals surface area contributed by atoms with Crippen molar-refractivity contribution in [3.05, 3.63) is 12.7 Å². The van der Waals surface area contributed by atoms with Crippen LogP contribution in [-0.2, 0) is 9.22 Å². The second-order valence-electron chi connectivity index (χ2n) is 6.75. The van der Waals surface area contributed by atoms with Crippen molar-refractivity contribution >= 4 is 14.2 Å². The first-order valence-corrected chi connectivity index (χ1v) is 9.60. The second-order valence-corrected chi connectivity index (χ2v) is 11.5. The van der Waals surface area contributed by atoms with Crippen LogP contribution in [0, 0.1) is 5.92 Å². The van der Waals surface area contributed by atoms with Gasteiger partial charge in [-0.15, -0.1) is 6.58 Å². The van der Waals surface area contributed by atoms with Crippen LogP contribution in [0.3, 0.4) is 0 Å². The monoisotopic (exact) mass is 269 g/mol. The van der Waals surface area contributed by atoms with Crippen LogP contribution in [0.1, 0.15) is 34.1 Å². The predicted molar refractivity (Wildman–Crippen MR) is 78.0 cm³/mol. The Morgan fingerprint density at radius 3 is 2.44 bits per heavy atom. The lowest BCUT2D eigenvalue weighted by Crippen LogP contribution is -2.63. The Kier molecular flexibility index (Phi) is 4.44. The standard InChI is InChI=1S/C14H27NO2Si/c1-8-9-11-12(13(16)15-11)10(2)17-18(6,7)14(3,4)5/h8,10-12H,1,9H2,2-7H3,(H,15,16)/t10-,11-,12-/m1/s1. The lowest BCUT2D eigenvalue weighted by molar-refractivity contribution is -0.139. The number of amides is 1. The summed E-state index contributed by atoms with van der Waals surface area (Å²) in [5.74, 6) is 0.102. The Labute approximate surface area is 112 Å². The lowest BCUT2D eigenvalue weighted by atomic mass is 9.84. The molecule has 0 unspecified atom stereocenters. The largest absolute Gasteiger partial charge is 0.413 e. The molecule has 0 bridgehead atoms. The van der Waals surface area contributed by atoms with Crippen LogP contribution >= 0.6 is 0 Å². The van der Waals surface area contributed by atoms with Crippen molar-refractivity contribution in [2.45, 2.75) is 64.4 Å². The van der Waals surface area contributed by atoms with Crippen LogP contribution < -0.4 is 5.32 Å². The van der Waals surface area contributed by atoms with Crippen molar-refractivity contribution in [1.82, 2.24) is 5.32 Å². The maximum absolute atomic E-state index is 11.7. The van der Waals surface area contributed by atoms with Crippen LogP contribution in [0.2, 0.25) is 18.1 Å². The molecule has 1 saturated heterocycles. The number of carbonyl (C=O) groups is 1. The van der Waals surface area contributed by atoms with Gasteiger partial charge in [-0.3, -0.25) is 4.79 Å². The Morgan fingerprint density at radius 2 is 2.06 bits per heavy atom. The van der Waals surface area contributed by atoms with E-state index in [2.05, 4.69) is 45.8 Å². The molecule has 18 heavy (non-hydrogen) atoms. The van der Waals surface area contributed by atoms with E-state index in [9.17, 15) is 4.79 Å². The van der Waals surface area contributed by atoms with Crippen molar-refractivity contribution in [2.75, 3.05) is 0 Å². The van der Waals surface area contributed by atoms with Gasteiger partial charge >= 0.3 is 0 Å². The SMILES string of the molecule is C=CC[C@H]1NC(=O)[C@@H]1[C@@H](C)O[Si](C)(C)C(C)(C)C. The second kappa shape index (κ2) is 5.17. The number of rotatable bonds is 5. The summed E-state index contributed by atoms with van der Waals surface area (Å²) in [6.45, 7) is 16.9. The molecular weight excluding hydrogens is 242 g/mol. The van der Waals surface area contributed by atoms with Crippen LogP contribution in [0.25, 0.3) is 0 Å². The molecule has 0 aromatic rings. The molecule has 0 aliphatic carbocycles. The average Bonchev–Trinajstić information content (AvgIpc) is 2.13. The molecule has 1 rings (SSSR count). The van der Waals surface area contributed by atoms with E-state index in [1.54, 1.807) is 0 Å². The zero-order chi connectivity index (χ0) is 14.1. The van der Waals surface area contributed by atoms with Crippen molar-refractivity contribution < 1.29 is 9.22 Å². The molecular formula is C14H27NO2Si. The predicted octanol–water partition coefficient (Wildman–Crippen LogP) is 3.09. The summed E-state index contributed by atoms with van der Waals surface area (Å²) in [7, 11) is -1.80. The fourth-order valence-corrected chi connectivity index (χ4v) is 3.53. The highest BCUT2D eigenvalue weighted by Gasteiger charge is 2.46. The highest BCUT2D eigenvalue weighted by molar-refractivity contribution is 6.74. The van der Waals surface area contributed by atoms with Crippen molar-refractivity contribution in [3.8, 4) is 0 Å². The van der Waals surface area contributed by atoms with Gasteiger partial charge in [0.25, 0.3) is 0 Å². The van der Waals surface area contributed by atoms with E-state index < -0.39 is 8.32 Å². The molecule has 1 fully saturated rings. The third kappa shape index (κ3) is 3.04. The summed E-state index contributed by atoms with van der Waals surface area (Å²) in [5, 5.41) is 3.10. The van der Waals surface area contributed by atoms with E-state index >= 15 is 0 Å². The lowest BCUT2D eigenvalue weighted by Gasteiger charge is -2.45. The van der Waals surface area contributed by atoms with Gasteiger partial charge in [-0.25, -0.2) is 0 Å². The first kappa shape index (κ1) is 15.4. The summed E-state index contributed by atoms with van der Waals surface area (Å²) in [6, 6.07) is 0.203. The molecule has 3 nitrogen and oxygen atoms in total. The van der Waals surface area contributed by atoms with Gasteiger partial charge < -0.3 is 9.74 Å². The molecule has 1 amide bonds. The number of nitrogens with one attached hydrogen (secondary N) is 1. The van der Waals surface area contributed by atoms with E-state index in [-0.39, 0.29) is 29.0 Å². The Balaban J connectivity index is 2.68. The fourth-order valence-electron chi connectivity index (χ4n) is 2.10. The molecule has 1 heterocycles. The highest BCUT2D eigenvalue weighted by Crippen LogP contribution is 2.39. The van der Waals surface area contributed by atoms with Gasteiger partial charge in [-0.1, -0.05) is 26.8 Å². The molecule has 1 aliphatic heterocycles. The zero-order valence-electron chi connectivity index (χ0n) is 12.5. The van der Waals surface area contributed by atoms with Crippen LogP contribution in [0.4, 0.5) is 0 Å². The van der Waals surface area contributed by atoms with Gasteiger partial charge in [0, 0.05) is 6.04 Å². The molecule has 0 saturated carbocycles. The molecule has 1 aliphatic rings. The van der Waals surface area contributed by atoms with Gasteiger partial charge in [0.05, 0.1) is 12.0 Å². The molecule has 0 spiro atoms. The first-order chi connectivity index (χ1) is 8.10. The minimum absolute atomic E-state index is 0.00964. The number of β-lactam (4-membered cyclic amide) rings is 1. The topological polar surface area (TPSA) is 38.3 Å². The minimum Gasteiger partial charge on any atom is -0.413 e. The van der Waals surface area contributed by atoms with E-state index in [0.29, 0.717) is 0 Å². The summed E-state index contributed by atoms with van der Waals surface area (Å²) in [5.41, 5.74) is 0. The van der Waals surface area contributed by atoms with E-state index in [4.69, 9.17) is 4.43 Å². The summed E-state index contributed by atoms with van der Waals surface area (Å²) < 4.78 is 6.30. The normalized spacial score (nSPS) is 26.2. The molecule has 104 valence electrons. The van der Waals surface area contributed by atoms with Gasteiger partial charge in [0.2, 0.25) is 5.91 Å². The Morgan fingerprint density at radius 1 is 1.50 bits per heavy atom. The highest BCUT2D eigenvalue weighted by atomic mass is 28.4. The van der Waals surface area contributed by atoms with Crippen molar-refractivity contribution in [1.29, 1.82) is 0 Å². The first-order valence-electron chi connectivity index (χ1n) is 6.69. The quantitative estimate of drug-likeness (QED) is 0.473. The zero-order valence-corrected chi connectivity index (χ0v) is 13.5. The summed E-state index contributed by atoms with van der Waals surface area (Å²) >= 11 is 0. The number of hydrogen-bond donors (Lipinski definition) is 1. The van der Waals surface area contributed by atoms with Crippen LogP contribution in [0.15, 0.2) is 12.7 Å². The number of carbonyl (C=O) groups excluding carboxylic acids is 1. The van der Waals surface area contributed by atoms with Crippen LogP contribution in [-0.4, -0.2) is 26.4 Å². The van der Waals surface area contributed by atoms with E-state index in [1.165, 1.54) is 0 Å². The summed E-state index contributed by atoms with van der Waals surface area (Å²) in [6.07, 6.45) is 2.67. The molecule has 0 radical (unpaired) electrons. The maximum atomic E-state index is 11.7. The smallest absolute Gasteiger partial charge is 0.228 e. The van der Waals surface area contributed by atoms with Gasteiger partial charge in [-0.05, 0) is 31.5 Å². The molecule has 0 aromatic carbocycles. The minimum atomic E-state index is -1.80. The van der Waals surface area contributed by atoms with Gasteiger partial charge in [0.1, 0.15) is 0 Å². The average molecular weight is 269 g/mol. The van der Waals surface area contributed by atoms with Gasteiger partial charge in [-0.2, -0.15) is 0 Å². The third-order valence-electron chi connectivity index (χ3n) is 4.28. The summed E-state index contributed by atoms with van der Waals surface area (Å²) in [4.78, 5) is 11.7. The van der Waals surface area contributed by atoms with Crippen molar-refractivity contribution in [3.63, 3.8) is 0 Å². The van der Waals surface area contributed by atoms with Crippen LogP contribution in [0.5, 0.6) is 0 Å². The van der Waals surface area contributed by atoms with E-state index in [1.807, 2.05) is 13.0 Å². The molecule has 3 atom stereocenters. The third-order valence-corrected chi connectivity index (χ3v) is 8.85. The van der Waals surface area contributed by atoms with E-state index in [0.717, 1.165) is 6.42 Å². The van der Waals surface area contributed by atoms with Gasteiger partial charge in [0.15, 0.2) is 8.32 Å². The van der Waals surface area contributed by atoms with Crippen molar-refractivity contribution in [2.24, 2.45) is 5.92 Å². The molecule has 4 heteroatoms. The Hall–Kier alpha value is -0.613. The number of hydrogen-bond acceptors (Lipinski definition) is 2. The fraction of sp³-hybridized carbons (Fsp3) is 0.786. The Bertz CT molecular complexity index is 331. The molecule has 1 N–H and O–H groups in total. The maximum Gasteiger partial charge on any atom is 0.228 e. The molecule has 0 aromatic heterocycles.